The molecule has 0 aliphatic carbocycles. The average Bonchev–Trinajstić information content (AvgIpc) is 2.38. The molecule has 20 heavy (non-hydrogen) atoms. The second-order valence-electron chi connectivity index (χ2n) is 4.45. The first-order valence-electron chi connectivity index (χ1n) is 5.91. The Kier molecular flexibility index (Phi) is 3.91. The lowest BCUT2D eigenvalue weighted by Gasteiger charge is -2.21. The first kappa shape index (κ1) is 14.3. The van der Waals surface area contributed by atoms with E-state index in [0.717, 1.165) is 5.69 Å². The lowest BCUT2D eigenvalue weighted by atomic mass is 10.2. The SMILES string of the molecule is CN(Cc1ccccn1)c1ccc(N)cc1S(N)(=O)=O. The fourth-order valence-corrected chi connectivity index (χ4v) is 2.71. The first-order chi connectivity index (χ1) is 9.38. The molecule has 1 heterocycles. The zero-order chi connectivity index (χ0) is 14.8. The minimum Gasteiger partial charge on any atom is -0.399 e. The Morgan fingerprint density at radius 3 is 2.60 bits per heavy atom. The van der Waals surface area contributed by atoms with Crippen molar-refractivity contribution in [3.63, 3.8) is 0 Å². The van der Waals surface area contributed by atoms with Gasteiger partial charge in [-0.1, -0.05) is 6.07 Å². The number of nitrogen functional groups attached to an aromatic ring is 1. The Hall–Kier alpha value is -2.12. The van der Waals surface area contributed by atoms with E-state index in [1.807, 2.05) is 18.2 Å². The summed E-state index contributed by atoms with van der Waals surface area (Å²) in [5, 5.41) is 5.23. The number of hydrogen-bond acceptors (Lipinski definition) is 5. The van der Waals surface area contributed by atoms with E-state index < -0.39 is 10.0 Å². The standard InChI is InChI=1S/C13H16N4O2S/c1-17(9-11-4-2-3-7-16-11)12-6-5-10(14)8-13(12)20(15,18)19/h2-8H,9,14H2,1H3,(H2,15,18,19). The summed E-state index contributed by atoms with van der Waals surface area (Å²) in [6.07, 6.45) is 1.69. The fourth-order valence-electron chi connectivity index (χ4n) is 1.89. The van der Waals surface area contributed by atoms with Crippen LogP contribution in [0, 0.1) is 0 Å². The van der Waals surface area contributed by atoms with E-state index in [1.54, 1.807) is 30.3 Å². The summed E-state index contributed by atoms with van der Waals surface area (Å²) in [4.78, 5) is 5.98. The number of rotatable bonds is 4. The predicted molar refractivity (Wildman–Crippen MR) is 78.6 cm³/mol. The maximum Gasteiger partial charge on any atom is 0.240 e. The van der Waals surface area contributed by atoms with E-state index >= 15 is 0 Å². The van der Waals surface area contributed by atoms with Crippen LogP contribution in [0.15, 0.2) is 47.5 Å². The first-order valence-corrected chi connectivity index (χ1v) is 7.46. The third kappa shape index (κ3) is 3.25. The van der Waals surface area contributed by atoms with Crippen LogP contribution in [-0.4, -0.2) is 20.4 Å². The lowest BCUT2D eigenvalue weighted by Crippen LogP contribution is -2.22. The van der Waals surface area contributed by atoms with E-state index in [9.17, 15) is 8.42 Å². The Labute approximate surface area is 118 Å². The number of nitrogens with zero attached hydrogens (tertiary/aromatic N) is 2. The van der Waals surface area contributed by atoms with E-state index in [4.69, 9.17) is 10.9 Å². The number of benzene rings is 1. The molecular weight excluding hydrogens is 276 g/mol. The molecule has 0 bridgehead atoms. The van der Waals surface area contributed by atoms with Crippen LogP contribution in [0.2, 0.25) is 0 Å². The number of aromatic nitrogens is 1. The van der Waals surface area contributed by atoms with E-state index in [2.05, 4.69) is 4.98 Å². The van der Waals surface area contributed by atoms with Crippen molar-refractivity contribution >= 4 is 21.4 Å². The van der Waals surface area contributed by atoms with Crippen molar-refractivity contribution in [3.05, 3.63) is 48.3 Å². The fraction of sp³-hybridized carbons (Fsp3) is 0.154. The van der Waals surface area contributed by atoms with Gasteiger partial charge in [0.25, 0.3) is 0 Å². The van der Waals surface area contributed by atoms with Crippen LogP contribution in [0.3, 0.4) is 0 Å². The molecule has 0 fully saturated rings. The topological polar surface area (TPSA) is 102 Å². The Morgan fingerprint density at radius 1 is 1.25 bits per heavy atom. The van der Waals surface area contributed by atoms with Gasteiger partial charge < -0.3 is 10.6 Å². The van der Waals surface area contributed by atoms with Gasteiger partial charge in [-0.3, -0.25) is 4.98 Å². The minimum atomic E-state index is -3.84. The molecule has 0 amide bonds. The van der Waals surface area contributed by atoms with Crippen LogP contribution in [0.4, 0.5) is 11.4 Å². The smallest absolute Gasteiger partial charge is 0.240 e. The van der Waals surface area contributed by atoms with Gasteiger partial charge in [0.05, 0.1) is 17.9 Å². The van der Waals surface area contributed by atoms with Gasteiger partial charge >= 0.3 is 0 Å². The number of anilines is 2. The van der Waals surface area contributed by atoms with Crippen LogP contribution in [0.5, 0.6) is 0 Å². The van der Waals surface area contributed by atoms with Crippen molar-refractivity contribution in [2.24, 2.45) is 5.14 Å². The zero-order valence-corrected chi connectivity index (χ0v) is 11.8. The quantitative estimate of drug-likeness (QED) is 0.817. The molecule has 1 aromatic heterocycles. The summed E-state index contributed by atoms with van der Waals surface area (Å²) in [6.45, 7) is 0.466. The molecule has 1 aromatic carbocycles. The maximum atomic E-state index is 11.6. The molecular formula is C13H16N4O2S. The number of primary sulfonamides is 1. The second-order valence-corrected chi connectivity index (χ2v) is 5.98. The van der Waals surface area contributed by atoms with Gasteiger partial charge in [0.1, 0.15) is 4.90 Å². The Balaban J connectivity index is 2.37. The number of hydrogen-bond donors (Lipinski definition) is 2. The zero-order valence-electron chi connectivity index (χ0n) is 11.0. The molecule has 0 aliphatic heterocycles. The molecule has 2 aromatic rings. The van der Waals surface area contributed by atoms with Crippen LogP contribution in [0.1, 0.15) is 5.69 Å². The molecule has 0 unspecified atom stereocenters. The lowest BCUT2D eigenvalue weighted by molar-refractivity contribution is 0.597. The summed E-state index contributed by atoms with van der Waals surface area (Å²) < 4.78 is 23.3. The average molecular weight is 292 g/mol. The van der Waals surface area contributed by atoms with Gasteiger partial charge in [0.15, 0.2) is 0 Å². The van der Waals surface area contributed by atoms with Gasteiger partial charge in [-0.2, -0.15) is 0 Å². The van der Waals surface area contributed by atoms with Gasteiger partial charge in [0.2, 0.25) is 10.0 Å². The third-order valence-electron chi connectivity index (χ3n) is 2.83. The highest BCUT2D eigenvalue weighted by Crippen LogP contribution is 2.26. The van der Waals surface area contributed by atoms with Crippen molar-refractivity contribution in [1.29, 1.82) is 0 Å². The Morgan fingerprint density at radius 2 is 2.00 bits per heavy atom. The molecule has 6 nitrogen and oxygen atoms in total. The molecule has 106 valence electrons. The molecule has 4 N–H and O–H groups in total. The summed E-state index contributed by atoms with van der Waals surface area (Å²) >= 11 is 0. The summed E-state index contributed by atoms with van der Waals surface area (Å²) in [6, 6.07) is 10.2. The van der Waals surface area contributed by atoms with E-state index in [0.29, 0.717) is 17.9 Å². The van der Waals surface area contributed by atoms with Gasteiger partial charge in [-0.15, -0.1) is 0 Å². The maximum absolute atomic E-state index is 11.6. The Bertz CT molecular complexity index is 702. The highest BCUT2D eigenvalue weighted by molar-refractivity contribution is 7.89. The van der Waals surface area contributed by atoms with Crippen molar-refractivity contribution in [2.75, 3.05) is 17.7 Å². The van der Waals surface area contributed by atoms with Crippen molar-refractivity contribution in [2.45, 2.75) is 11.4 Å². The largest absolute Gasteiger partial charge is 0.399 e. The molecule has 0 spiro atoms. The number of sulfonamides is 1. The second kappa shape index (κ2) is 5.48. The minimum absolute atomic E-state index is 0.0101. The van der Waals surface area contributed by atoms with Crippen LogP contribution >= 0.6 is 0 Å². The molecule has 0 atom stereocenters. The van der Waals surface area contributed by atoms with Crippen LogP contribution < -0.4 is 15.8 Å². The van der Waals surface area contributed by atoms with Gasteiger partial charge in [-0.05, 0) is 30.3 Å². The summed E-state index contributed by atoms with van der Waals surface area (Å²) in [5.74, 6) is 0. The molecule has 0 radical (unpaired) electrons. The molecule has 2 rings (SSSR count). The molecule has 7 heteroatoms. The summed E-state index contributed by atoms with van der Waals surface area (Å²) in [5.41, 5.74) is 7.30. The predicted octanol–water partition coefficient (Wildman–Crippen LogP) is 0.948. The van der Waals surface area contributed by atoms with Crippen LogP contribution in [-0.2, 0) is 16.6 Å². The summed E-state index contributed by atoms with van der Waals surface area (Å²) in [7, 11) is -2.06. The van der Waals surface area contributed by atoms with Crippen molar-refractivity contribution in [3.8, 4) is 0 Å². The monoisotopic (exact) mass is 292 g/mol. The number of nitrogens with two attached hydrogens (primary N) is 2. The van der Waals surface area contributed by atoms with Crippen LogP contribution in [0.25, 0.3) is 0 Å². The highest BCUT2D eigenvalue weighted by atomic mass is 32.2. The molecule has 0 saturated heterocycles. The van der Waals surface area contributed by atoms with Crippen molar-refractivity contribution < 1.29 is 8.42 Å². The van der Waals surface area contributed by atoms with Gasteiger partial charge in [0, 0.05) is 18.9 Å². The van der Waals surface area contributed by atoms with Crippen molar-refractivity contribution in [1.82, 2.24) is 4.98 Å². The van der Waals surface area contributed by atoms with E-state index in [1.165, 1.54) is 6.07 Å². The molecule has 0 saturated carbocycles. The number of pyridine rings is 1. The normalized spacial score (nSPS) is 11.3. The van der Waals surface area contributed by atoms with E-state index in [-0.39, 0.29) is 4.90 Å². The van der Waals surface area contributed by atoms with Gasteiger partial charge in [-0.25, -0.2) is 13.6 Å². The third-order valence-corrected chi connectivity index (χ3v) is 3.77. The highest BCUT2D eigenvalue weighted by Gasteiger charge is 2.17. The molecule has 0 aliphatic rings.